The third-order valence-electron chi connectivity index (χ3n) is 4.09. The van der Waals surface area contributed by atoms with Crippen LogP contribution in [0.4, 0.5) is 0 Å². The van der Waals surface area contributed by atoms with Crippen LogP contribution >= 0.6 is 7.82 Å². The first-order chi connectivity index (χ1) is 12.0. The SMILES string of the molecule is CCCCCCCCCCCC(OCCCCCC)OOP(=O)([O-])[O-].[K+].[K+]. The standard InChI is InChI=1S/C18H39O6P.2K/c1-3-5-7-9-10-11-12-13-14-16-18(23-24-25(19,20)21)22-17-15-8-6-4-2;;/h18H,3-17H2,1-2H3,(H2,19,20,21);;/q;2*+1/p-2. The summed E-state index contributed by atoms with van der Waals surface area (Å²) < 4.78 is 20.0. The van der Waals surface area contributed by atoms with Gasteiger partial charge in [-0.2, -0.15) is 0 Å². The molecule has 0 amide bonds. The van der Waals surface area contributed by atoms with Crippen LogP contribution in [0.5, 0.6) is 0 Å². The van der Waals surface area contributed by atoms with Crippen LogP contribution in [-0.2, 0) is 18.9 Å². The molecular formula is C18H37K2O6P. The summed E-state index contributed by atoms with van der Waals surface area (Å²) in [6.07, 6.45) is 14.7. The molecule has 9 heteroatoms. The number of unbranched alkanes of at least 4 members (excludes halogenated alkanes) is 11. The van der Waals surface area contributed by atoms with Crippen molar-refractivity contribution in [2.45, 2.75) is 110 Å². The molecule has 0 saturated carbocycles. The second-order valence-electron chi connectivity index (χ2n) is 6.60. The third kappa shape index (κ3) is 29.3. The van der Waals surface area contributed by atoms with E-state index in [-0.39, 0.29) is 103 Å². The van der Waals surface area contributed by atoms with E-state index in [1.165, 1.54) is 38.5 Å². The Morgan fingerprint density at radius 2 is 1.19 bits per heavy atom. The van der Waals surface area contributed by atoms with Crippen LogP contribution in [0.25, 0.3) is 0 Å². The maximum atomic E-state index is 10.5. The molecule has 0 aromatic carbocycles. The van der Waals surface area contributed by atoms with E-state index in [0.29, 0.717) is 13.0 Å². The summed E-state index contributed by atoms with van der Waals surface area (Å²) in [5.41, 5.74) is 0. The van der Waals surface area contributed by atoms with E-state index < -0.39 is 14.1 Å². The van der Waals surface area contributed by atoms with Crippen LogP contribution in [0.3, 0.4) is 0 Å². The molecular weight excluding hydrogens is 421 g/mol. The predicted molar refractivity (Wildman–Crippen MR) is 95.5 cm³/mol. The van der Waals surface area contributed by atoms with E-state index in [4.69, 9.17) is 4.74 Å². The van der Waals surface area contributed by atoms with Crippen LogP contribution in [0.1, 0.15) is 104 Å². The number of hydrogen-bond donors (Lipinski definition) is 0. The zero-order valence-electron chi connectivity index (χ0n) is 18.1. The molecule has 152 valence electrons. The van der Waals surface area contributed by atoms with Gasteiger partial charge in [-0.25, -0.2) is 9.56 Å². The first-order valence-corrected chi connectivity index (χ1v) is 11.4. The second-order valence-corrected chi connectivity index (χ2v) is 7.64. The van der Waals surface area contributed by atoms with Crippen molar-refractivity contribution in [2.75, 3.05) is 6.61 Å². The van der Waals surface area contributed by atoms with Crippen LogP contribution in [0, 0.1) is 0 Å². The molecule has 0 aliphatic heterocycles. The summed E-state index contributed by atoms with van der Waals surface area (Å²) in [7, 11) is -5.13. The molecule has 1 unspecified atom stereocenters. The molecule has 0 saturated heterocycles. The minimum absolute atomic E-state index is 0. The van der Waals surface area contributed by atoms with Gasteiger partial charge in [0.15, 0.2) is 6.29 Å². The van der Waals surface area contributed by atoms with E-state index in [2.05, 4.69) is 23.4 Å². The zero-order chi connectivity index (χ0) is 18.8. The van der Waals surface area contributed by atoms with Crippen molar-refractivity contribution in [2.24, 2.45) is 0 Å². The van der Waals surface area contributed by atoms with Crippen molar-refractivity contribution in [1.29, 1.82) is 0 Å². The Kier molecular flexibility index (Phi) is 33.0. The average molecular weight is 459 g/mol. The van der Waals surface area contributed by atoms with Gasteiger partial charge < -0.3 is 19.1 Å². The van der Waals surface area contributed by atoms with E-state index in [9.17, 15) is 14.4 Å². The number of phosphoric acid groups is 1. The fourth-order valence-corrected chi connectivity index (χ4v) is 2.83. The fourth-order valence-electron chi connectivity index (χ4n) is 2.63. The second kappa shape index (κ2) is 25.6. The summed E-state index contributed by atoms with van der Waals surface area (Å²) in [4.78, 5) is 25.8. The van der Waals surface area contributed by atoms with Gasteiger partial charge in [0.05, 0.1) is 0 Å². The van der Waals surface area contributed by atoms with Gasteiger partial charge in [0.1, 0.15) is 7.82 Å². The molecule has 0 radical (unpaired) electrons. The van der Waals surface area contributed by atoms with E-state index >= 15 is 0 Å². The molecule has 0 fully saturated rings. The average Bonchev–Trinajstić information content (AvgIpc) is 2.56. The molecule has 0 aromatic rings. The number of hydrogen-bond acceptors (Lipinski definition) is 6. The summed E-state index contributed by atoms with van der Waals surface area (Å²) in [6.45, 7) is 4.82. The molecule has 0 aliphatic rings. The minimum Gasteiger partial charge on any atom is -0.788 e. The van der Waals surface area contributed by atoms with Crippen molar-refractivity contribution in [3.63, 3.8) is 0 Å². The molecule has 0 spiro atoms. The quantitative estimate of drug-likeness (QED) is 0.0592. The van der Waals surface area contributed by atoms with Crippen LogP contribution in [0.2, 0.25) is 0 Å². The van der Waals surface area contributed by atoms with Gasteiger partial charge in [0, 0.05) is 13.0 Å². The molecule has 1 atom stereocenters. The third-order valence-corrected chi connectivity index (χ3v) is 4.36. The summed E-state index contributed by atoms with van der Waals surface area (Å²) in [5, 5.41) is 0. The molecule has 6 nitrogen and oxygen atoms in total. The minimum atomic E-state index is -5.13. The van der Waals surface area contributed by atoms with E-state index in [0.717, 1.165) is 44.9 Å². The van der Waals surface area contributed by atoms with Gasteiger partial charge in [-0.15, -0.1) is 0 Å². The molecule has 0 rings (SSSR count). The summed E-state index contributed by atoms with van der Waals surface area (Å²) >= 11 is 0. The Morgan fingerprint density at radius 1 is 0.741 bits per heavy atom. The normalized spacial score (nSPS) is 12.3. The van der Waals surface area contributed by atoms with Crippen LogP contribution < -0.4 is 113 Å². The fraction of sp³-hybridized carbons (Fsp3) is 1.00. The smallest absolute Gasteiger partial charge is 0.788 e. The molecule has 27 heavy (non-hydrogen) atoms. The van der Waals surface area contributed by atoms with Crippen molar-refractivity contribution < 1.29 is 131 Å². The molecule has 0 aliphatic carbocycles. The van der Waals surface area contributed by atoms with E-state index in [1.54, 1.807) is 0 Å². The maximum Gasteiger partial charge on any atom is 1.00 e. The van der Waals surface area contributed by atoms with E-state index in [1.807, 2.05) is 0 Å². The summed E-state index contributed by atoms with van der Waals surface area (Å²) in [5.74, 6) is 0. The van der Waals surface area contributed by atoms with Gasteiger partial charge in [0.25, 0.3) is 0 Å². The Hall–Kier alpha value is 3.30. The first-order valence-electron chi connectivity index (χ1n) is 9.98. The van der Waals surface area contributed by atoms with Crippen molar-refractivity contribution >= 4 is 7.82 Å². The van der Waals surface area contributed by atoms with Crippen molar-refractivity contribution in [3.05, 3.63) is 0 Å². The monoisotopic (exact) mass is 458 g/mol. The Labute approximate surface area is 251 Å². The molecule has 0 N–H and O–H groups in total. The van der Waals surface area contributed by atoms with Gasteiger partial charge in [0.2, 0.25) is 0 Å². The Bertz CT molecular complexity index is 331. The molecule has 0 aromatic heterocycles. The molecule has 0 heterocycles. The van der Waals surface area contributed by atoms with Gasteiger partial charge in [-0.1, -0.05) is 84.5 Å². The van der Waals surface area contributed by atoms with Gasteiger partial charge in [-0.3, -0.25) is 0 Å². The van der Waals surface area contributed by atoms with Crippen molar-refractivity contribution in [3.8, 4) is 0 Å². The Balaban J connectivity index is -0.00000288. The largest absolute Gasteiger partial charge is 1.00 e. The number of ether oxygens (including phenoxy) is 1. The predicted octanol–water partition coefficient (Wildman–Crippen LogP) is -1.38. The zero-order valence-corrected chi connectivity index (χ0v) is 25.2. The number of rotatable bonds is 19. The van der Waals surface area contributed by atoms with Gasteiger partial charge >= 0.3 is 103 Å². The van der Waals surface area contributed by atoms with Crippen LogP contribution in [-0.4, -0.2) is 12.9 Å². The summed E-state index contributed by atoms with van der Waals surface area (Å²) in [6, 6.07) is 0. The topological polar surface area (TPSA) is 90.9 Å². The van der Waals surface area contributed by atoms with Crippen molar-refractivity contribution in [1.82, 2.24) is 0 Å². The Morgan fingerprint density at radius 3 is 1.67 bits per heavy atom. The maximum absolute atomic E-state index is 10.5. The van der Waals surface area contributed by atoms with Gasteiger partial charge in [-0.05, 0) is 12.8 Å². The van der Waals surface area contributed by atoms with Crippen LogP contribution in [0.15, 0.2) is 0 Å². The molecule has 0 bridgehead atoms. The first kappa shape index (κ1) is 34.9.